The van der Waals surface area contributed by atoms with Crippen LogP contribution < -0.4 is 0 Å². The third-order valence-corrected chi connectivity index (χ3v) is 1.32. The van der Waals surface area contributed by atoms with Gasteiger partial charge in [-0.15, -0.1) is 0 Å². The molecule has 1 N–H and O–H groups in total. The molecule has 0 spiro atoms. The van der Waals surface area contributed by atoms with Crippen LogP contribution in [0, 0.1) is 0 Å². The van der Waals surface area contributed by atoms with Gasteiger partial charge in [0.2, 0.25) is 5.76 Å². The Morgan fingerprint density at radius 3 is 2.25 bits per heavy atom. The fourth-order valence-corrected chi connectivity index (χ4v) is 0.730. The van der Waals surface area contributed by atoms with Crippen LogP contribution in [0.4, 0.5) is 13.2 Å². The normalized spacial score (nSPS) is 14.8. The second-order valence-electron chi connectivity index (χ2n) is 2.38. The highest BCUT2D eigenvalue weighted by Gasteiger charge is 2.34. The molecule has 1 rings (SSSR count). The molecule has 0 bridgehead atoms. The lowest BCUT2D eigenvalue weighted by Crippen LogP contribution is -2.02. The van der Waals surface area contributed by atoms with Crippen molar-refractivity contribution in [3.63, 3.8) is 0 Å². The van der Waals surface area contributed by atoms with E-state index in [9.17, 15) is 13.2 Å². The van der Waals surface area contributed by atoms with Gasteiger partial charge < -0.3 is 9.52 Å². The van der Waals surface area contributed by atoms with Crippen molar-refractivity contribution in [2.75, 3.05) is 0 Å². The SMILES string of the molecule is C[C@@H](O)c1ccc(C(F)(F)F)o1. The van der Waals surface area contributed by atoms with E-state index in [4.69, 9.17) is 5.11 Å². The van der Waals surface area contributed by atoms with Gasteiger partial charge in [-0.25, -0.2) is 0 Å². The molecule has 0 aliphatic rings. The smallest absolute Gasteiger partial charge is 0.449 e. The molecule has 1 heterocycles. The number of alkyl halides is 3. The van der Waals surface area contributed by atoms with E-state index >= 15 is 0 Å². The van der Waals surface area contributed by atoms with Crippen molar-refractivity contribution in [2.24, 2.45) is 0 Å². The molecular formula is C7H7F3O2. The summed E-state index contributed by atoms with van der Waals surface area (Å²) < 4.78 is 40.0. The van der Waals surface area contributed by atoms with Gasteiger partial charge in [0.25, 0.3) is 0 Å². The van der Waals surface area contributed by atoms with Gasteiger partial charge >= 0.3 is 6.18 Å². The lowest BCUT2D eigenvalue weighted by Gasteiger charge is -2.01. The average molecular weight is 180 g/mol. The van der Waals surface area contributed by atoms with Crippen LogP contribution in [0.5, 0.6) is 0 Å². The predicted molar refractivity (Wildman–Crippen MR) is 34.3 cm³/mol. The zero-order valence-corrected chi connectivity index (χ0v) is 6.22. The number of furan rings is 1. The van der Waals surface area contributed by atoms with E-state index in [0.29, 0.717) is 0 Å². The Morgan fingerprint density at radius 2 is 2.00 bits per heavy atom. The zero-order chi connectivity index (χ0) is 9.35. The highest BCUT2D eigenvalue weighted by molar-refractivity contribution is 5.11. The molecule has 0 saturated heterocycles. The number of hydrogen-bond acceptors (Lipinski definition) is 2. The van der Waals surface area contributed by atoms with E-state index in [1.54, 1.807) is 0 Å². The Bertz CT molecular complexity index is 262. The average Bonchev–Trinajstić information content (AvgIpc) is 2.30. The second-order valence-corrected chi connectivity index (χ2v) is 2.38. The third-order valence-electron chi connectivity index (χ3n) is 1.32. The third kappa shape index (κ3) is 1.79. The molecule has 5 heteroatoms. The summed E-state index contributed by atoms with van der Waals surface area (Å²) in [7, 11) is 0. The van der Waals surface area contributed by atoms with Gasteiger partial charge in [-0.2, -0.15) is 13.2 Å². The molecule has 1 aromatic heterocycles. The van der Waals surface area contributed by atoms with Crippen LogP contribution in [-0.4, -0.2) is 5.11 Å². The van der Waals surface area contributed by atoms with Crippen molar-refractivity contribution in [1.82, 2.24) is 0 Å². The fourth-order valence-electron chi connectivity index (χ4n) is 0.730. The van der Waals surface area contributed by atoms with Gasteiger partial charge in [-0.3, -0.25) is 0 Å². The summed E-state index contributed by atoms with van der Waals surface area (Å²) in [6, 6.07) is 1.90. The number of rotatable bonds is 1. The first-order chi connectivity index (χ1) is 5.41. The van der Waals surface area contributed by atoms with Crippen molar-refractivity contribution in [2.45, 2.75) is 19.2 Å². The minimum atomic E-state index is -4.48. The first-order valence-corrected chi connectivity index (χ1v) is 3.26. The lowest BCUT2D eigenvalue weighted by molar-refractivity contribution is -0.153. The molecule has 0 aliphatic heterocycles. The van der Waals surface area contributed by atoms with Crippen LogP contribution in [0.15, 0.2) is 16.5 Å². The molecule has 1 atom stereocenters. The molecule has 1 aromatic rings. The Morgan fingerprint density at radius 1 is 1.42 bits per heavy atom. The van der Waals surface area contributed by atoms with Crippen LogP contribution in [0.2, 0.25) is 0 Å². The Hall–Kier alpha value is -0.970. The molecule has 12 heavy (non-hydrogen) atoms. The van der Waals surface area contributed by atoms with Crippen molar-refractivity contribution < 1.29 is 22.7 Å². The largest absolute Gasteiger partial charge is 0.454 e. The van der Waals surface area contributed by atoms with E-state index in [0.717, 1.165) is 12.1 Å². The minimum absolute atomic E-state index is 0.0812. The van der Waals surface area contributed by atoms with Crippen LogP contribution in [-0.2, 0) is 6.18 Å². The summed E-state index contributed by atoms with van der Waals surface area (Å²) in [6.45, 7) is 1.33. The molecule has 68 valence electrons. The van der Waals surface area contributed by atoms with Gasteiger partial charge in [0.1, 0.15) is 11.9 Å². The molecule has 2 nitrogen and oxygen atoms in total. The topological polar surface area (TPSA) is 33.4 Å². The summed E-state index contributed by atoms with van der Waals surface area (Å²) in [4.78, 5) is 0. The maximum absolute atomic E-state index is 11.9. The zero-order valence-electron chi connectivity index (χ0n) is 6.22. The van der Waals surface area contributed by atoms with Crippen molar-refractivity contribution in [1.29, 1.82) is 0 Å². The van der Waals surface area contributed by atoms with Crippen LogP contribution in [0.1, 0.15) is 24.5 Å². The lowest BCUT2D eigenvalue weighted by atomic mass is 10.3. The highest BCUT2D eigenvalue weighted by Crippen LogP contribution is 2.31. The molecule has 0 aromatic carbocycles. The molecule has 0 aliphatic carbocycles. The summed E-state index contributed by atoms with van der Waals surface area (Å²) >= 11 is 0. The number of halogens is 3. The van der Waals surface area contributed by atoms with Gasteiger partial charge in [0.15, 0.2) is 0 Å². The summed E-state index contributed by atoms with van der Waals surface area (Å²) in [5.41, 5.74) is 0. The number of aliphatic hydroxyl groups is 1. The minimum Gasteiger partial charge on any atom is -0.454 e. The molecule has 0 amide bonds. The summed E-state index contributed by atoms with van der Waals surface area (Å²) in [5.74, 6) is -1.17. The Kier molecular flexibility index (Phi) is 2.14. The molecule has 0 saturated carbocycles. The number of hydrogen-bond donors (Lipinski definition) is 1. The standard InChI is InChI=1S/C7H7F3O2/c1-4(11)5-2-3-6(12-5)7(8,9)10/h2-4,11H,1H3/t4-/m1/s1. The second kappa shape index (κ2) is 2.82. The van der Waals surface area contributed by atoms with E-state index in [1.165, 1.54) is 6.92 Å². The summed E-state index contributed by atoms with van der Waals surface area (Å²) in [5, 5.41) is 8.84. The van der Waals surface area contributed by atoms with E-state index in [-0.39, 0.29) is 5.76 Å². The summed E-state index contributed by atoms with van der Waals surface area (Å²) in [6.07, 6.45) is -5.49. The van der Waals surface area contributed by atoms with Crippen molar-refractivity contribution >= 4 is 0 Å². The molecule has 0 unspecified atom stereocenters. The number of aliphatic hydroxyl groups excluding tert-OH is 1. The Labute approximate surface area is 66.6 Å². The first kappa shape index (κ1) is 9.12. The Balaban J connectivity index is 2.92. The van der Waals surface area contributed by atoms with Gasteiger partial charge in [0.05, 0.1) is 0 Å². The quantitative estimate of drug-likeness (QED) is 0.719. The maximum Gasteiger partial charge on any atom is 0.449 e. The van der Waals surface area contributed by atoms with Crippen molar-refractivity contribution in [3.05, 3.63) is 23.7 Å². The van der Waals surface area contributed by atoms with Gasteiger partial charge in [0, 0.05) is 0 Å². The van der Waals surface area contributed by atoms with Gasteiger partial charge in [-0.1, -0.05) is 0 Å². The molecular weight excluding hydrogens is 173 g/mol. The molecule has 0 radical (unpaired) electrons. The van der Waals surface area contributed by atoms with Gasteiger partial charge in [-0.05, 0) is 19.1 Å². The molecule has 0 fully saturated rings. The van der Waals surface area contributed by atoms with Crippen LogP contribution >= 0.6 is 0 Å². The maximum atomic E-state index is 11.9. The predicted octanol–water partition coefficient (Wildman–Crippen LogP) is 2.35. The van der Waals surface area contributed by atoms with E-state index in [1.807, 2.05) is 0 Å². The first-order valence-electron chi connectivity index (χ1n) is 3.26. The van der Waals surface area contributed by atoms with Crippen LogP contribution in [0.3, 0.4) is 0 Å². The van der Waals surface area contributed by atoms with E-state index in [2.05, 4.69) is 4.42 Å². The highest BCUT2D eigenvalue weighted by atomic mass is 19.4. The van der Waals surface area contributed by atoms with E-state index < -0.39 is 18.0 Å². The van der Waals surface area contributed by atoms with Crippen molar-refractivity contribution in [3.8, 4) is 0 Å². The van der Waals surface area contributed by atoms with Crippen LogP contribution in [0.25, 0.3) is 0 Å². The fraction of sp³-hybridized carbons (Fsp3) is 0.429. The monoisotopic (exact) mass is 180 g/mol.